The van der Waals surface area contributed by atoms with Gasteiger partial charge in [0.25, 0.3) is 0 Å². The summed E-state index contributed by atoms with van der Waals surface area (Å²) in [6.07, 6.45) is 2.25. The van der Waals surface area contributed by atoms with Crippen LogP contribution in [0.3, 0.4) is 0 Å². The molecule has 1 unspecified atom stereocenters. The highest BCUT2D eigenvalue weighted by Crippen LogP contribution is 2.17. The number of nitrogens with zero attached hydrogens (tertiary/aromatic N) is 2. The number of hydrogen-bond acceptors (Lipinski definition) is 5. The van der Waals surface area contributed by atoms with Crippen molar-refractivity contribution in [2.45, 2.75) is 25.5 Å². The fraction of sp³-hybridized carbons (Fsp3) is 0.333. The molecule has 24 heavy (non-hydrogen) atoms. The predicted octanol–water partition coefficient (Wildman–Crippen LogP) is 2.84. The average Bonchev–Trinajstić information content (AvgIpc) is 2.62. The van der Waals surface area contributed by atoms with Crippen LogP contribution >= 0.6 is 0 Å². The number of benzene rings is 1. The zero-order chi connectivity index (χ0) is 16.8. The van der Waals surface area contributed by atoms with Gasteiger partial charge in [-0.25, -0.2) is 4.39 Å². The van der Waals surface area contributed by atoms with Crippen LogP contribution < -0.4 is 15.4 Å². The maximum absolute atomic E-state index is 13.9. The Hall–Kier alpha value is -2.65. The molecule has 0 aliphatic carbocycles. The monoisotopic (exact) mass is 326 g/mol. The van der Waals surface area contributed by atoms with Gasteiger partial charge in [-0.1, -0.05) is 12.1 Å². The molecule has 0 radical (unpaired) electrons. The number of halogens is 1. The quantitative estimate of drug-likeness (QED) is 0.884. The largest absolute Gasteiger partial charge is 0.473 e. The minimum absolute atomic E-state index is 0.0684. The van der Waals surface area contributed by atoms with Crippen LogP contribution in [0, 0.1) is 17.1 Å². The minimum Gasteiger partial charge on any atom is -0.473 e. The van der Waals surface area contributed by atoms with E-state index < -0.39 is 5.82 Å². The lowest BCUT2D eigenvalue weighted by Gasteiger charge is -2.24. The Morgan fingerprint density at radius 3 is 3.04 bits per heavy atom. The fourth-order valence-electron chi connectivity index (χ4n) is 2.65. The standard InChI is InChI=1S/C18H19FN4O/c19-16-9-13(10-20)6-7-14(16)12-24-18-5-1-4-17(23-18)22-15-3-2-8-21-11-15/h1,4-7,9,15,21H,2-3,8,11-12H2,(H,22,23). The number of rotatable bonds is 5. The summed E-state index contributed by atoms with van der Waals surface area (Å²) in [4.78, 5) is 4.41. The third-order valence-corrected chi connectivity index (χ3v) is 3.93. The van der Waals surface area contributed by atoms with E-state index in [2.05, 4.69) is 15.6 Å². The van der Waals surface area contributed by atoms with Crippen molar-refractivity contribution < 1.29 is 9.13 Å². The van der Waals surface area contributed by atoms with Gasteiger partial charge in [-0.05, 0) is 37.6 Å². The molecule has 6 heteroatoms. The van der Waals surface area contributed by atoms with Crippen molar-refractivity contribution in [1.82, 2.24) is 10.3 Å². The molecule has 0 spiro atoms. The first-order valence-electron chi connectivity index (χ1n) is 8.00. The van der Waals surface area contributed by atoms with Gasteiger partial charge in [-0.15, -0.1) is 0 Å². The maximum atomic E-state index is 13.9. The molecular weight excluding hydrogens is 307 g/mol. The highest BCUT2D eigenvalue weighted by Gasteiger charge is 2.13. The fourth-order valence-corrected chi connectivity index (χ4v) is 2.65. The lowest BCUT2D eigenvalue weighted by molar-refractivity contribution is 0.288. The van der Waals surface area contributed by atoms with Gasteiger partial charge in [0.05, 0.1) is 11.6 Å². The SMILES string of the molecule is N#Cc1ccc(COc2cccc(NC3CCCNC3)n2)c(F)c1. The molecule has 2 aromatic rings. The molecule has 1 atom stereocenters. The normalized spacial score (nSPS) is 17.1. The third kappa shape index (κ3) is 4.21. The molecule has 1 aliphatic heterocycles. The molecule has 2 N–H and O–H groups in total. The molecule has 0 amide bonds. The van der Waals surface area contributed by atoms with Crippen LogP contribution in [-0.2, 0) is 6.61 Å². The number of aromatic nitrogens is 1. The van der Waals surface area contributed by atoms with Crippen LogP contribution in [0.15, 0.2) is 36.4 Å². The second-order valence-corrected chi connectivity index (χ2v) is 5.76. The summed E-state index contributed by atoms with van der Waals surface area (Å²) in [6.45, 7) is 2.05. The average molecular weight is 326 g/mol. The summed E-state index contributed by atoms with van der Waals surface area (Å²) in [7, 11) is 0. The first kappa shape index (κ1) is 16.2. The summed E-state index contributed by atoms with van der Waals surface area (Å²) in [5.74, 6) is 0.741. The minimum atomic E-state index is -0.448. The Balaban J connectivity index is 1.61. The van der Waals surface area contributed by atoms with Crippen LogP contribution in [0.5, 0.6) is 5.88 Å². The van der Waals surface area contributed by atoms with E-state index in [0.29, 0.717) is 23.0 Å². The first-order chi connectivity index (χ1) is 11.7. The van der Waals surface area contributed by atoms with Gasteiger partial charge in [0.15, 0.2) is 0 Å². The van der Waals surface area contributed by atoms with E-state index in [1.807, 2.05) is 18.2 Å². The van der Waals surface area contributed by atoms with Gasteiger partial charge in [0, 0.05) is 24.2 Å². The third-order valence-electron chi connectivity index (χ3n) is 3.93. The lowest BCUT2D eigenvalue weighted by Crippen LogP contribution is -2.38. The van der Waals surface area contributed by atoms with E-state index in [4.69, 9.17) is 10.00 Å². The first-order valence-corrected chi connectivity index (χ1v) is 8.00. The summed E-state index contributed by atoms with van der Waals surface area (Å²) < 4.78 is 19.4. The van der Waals surface area contributed by atoms with Crippen molar-refractivity contribution in [2.24, 2.45) is 0 Å². The lowest BCUT2D eigenvalue weighted by atomic mass is 10.1. The van der Waals surface area contributed by atoms with E-state index in [-0.39, 0.29) is 6.61 Å². The topological polar surface area (TPSA) is 70.0 Å². The van der Waals surface area contributed by atoms with Gasteiger partial charge >= 0.3 is 0 Å². The van der Waals surface area contributed by atoms with Crippen molar-refractivity contribution in [3.05, 3.63) is 53.3 Å². The van der Waals surface area contributed by atoms with Gasteiger partial charge < -0.3 is 15.4 Å². The summed E-state index contributed by atoms with van der Waals surface area (Å²) in [6, 6.07) is 12.1. The number of ether oxygens (including phenoxy) is 1. The van der Waals surface area contributed by atoms with Gasteiger partial charge in [-0.3, -0.25) is 0 Å². The van der Waals surface area contributed by atoms with Crippen LogP contribution in [0.2, 0.25) is 0 Å². The summed E-state index contributed by atoms with van der Waals surface area (Å²) in [5.41, 5.74) is 0.687. The van der Waals surface area contributed by atoms with Gasteiger partial charge in [0.1, 0.15) is 18.2 Å². The summed E-state index contributed by atoms with van der Waals surface area (Å²) >= 11 is 0. The number of hydrogen-bond donors (Lipinski definition) is 2. The van der Waals surface area contributed by atoms with E-state index in [1.54, 1.807) is 18.2 Å². The smallest absolute Gasteiger partial charge is 0.215 e. The highest BCUT2D eigenvalue weighted by atomic mass is 19.1. The predicted molar refractivity (Wildman–Crippen MR) is 89.2 cm³/mol. The van der Waals surface area contributed by atoms with E-state index >= 15 is 0 Å². The number of piperidine rings is 1. The molecule has 1 aliphatic rings. The highest BCUT2D eigenvalue weighted by molar-refractivity contribution is 5.38. The maximum Gasteiger partial charge on any atom is 0.215 e. The Labute approximate surface area is 140 Å². The van der Waals surface area contributed by atoms with Crippen molar-refractivity contribution in [3.63, 3.8) is 0 Å². The molecule has 5 nitrogen and oxygen atoms in total. The Bertz CT molecular complexity index is 738. The number of nitrogens with one attached hydrogen (secondary N) is 2. The number of nitriles is 1. The zero-order valence-corrected chi connectivity index (χ0v) is 13.3. The molecule has 1 aromatic carbocycles. The zero-order valence-electron chi connectivity index (χ0n) is 13.3. The molecule has 2 heterocycles. The van der Waals surface area contributed by atoms with Crippen molar-refractivity contribution in [1.29, 1.82) is 5.26 Å². The van der Waals surface area contributed by atoms with Crippen molar-refractivity contribution >= 4 is 5.82 Å². The van der Waals surface area contributed by atoms with E-state index in [0.717, 1.165) is 31.7 Å². The molecular formula is C18H19FN4O. The van der Waals surface area contributed by atoms with Crippen LogP contribution in [0.4, 0.5) is 10.2 Å². The molecule has 124 valence electrons. The Kier molecular flexibility index (Phi) is 5.24. The van der Waals surface area contributed by atoms with Crippen LogP contribution in [-0.4, -0.2) is 24.1 Å². The summed E-state index contributed by atoms with van der Waals surface area (Å²) in [5, 5.41) is 15.5. The number of anilines is 1. The Morgan fingerprint density at radius 2 is 2.29 bits per heavy atom. The van der Waals surface area contributed by atoms with E-state index in [9.17, 15) is 4.39 Å². The van der Waals surface area contributed by atoms with Crippen molar-refractivity contribution in [3.8, 4) is 11.9 Å². The molecule has 1 saturated heterocycles. The molecule has 0 bridgehead atoms. The van der Waals surface area contributed by atoms with Crippen molar-refractivity contribution in [2.75, 3.05) is 18.4 Å². The van der Waals surface area contributed by atoms with Crippen LogP contribution in [0.1, 0.15) is 24.0 Å². The molecule has 1 fully saturated rings. The molecule has 1 aromatic heterocycles. The van der Waals surface area contributed by atoms with E-state index in [1.165, 1.54) is 6.07 Å². The second kappa shape index (κ2) is 7.75. The van der Waals surface area contributed by atoms with Gasteiger partial charge in [0.2, 0.25) is 5.88 Å². The Morgan fingerprint density at radius 1 is 1.38 bits per heavy atom. The van der Waals surface area contributed by atoms with Gasteiger partial charge in [-0.2, -0.15) is 10.2 Å². The molecule has 3 rings (SSSR count). The number of pyridine rings is 1. The molecule has 0 saturated carbocycles. The van der Waals surface area contributed by atoms with Crippen LogP contribution in [0.25, 0.3) is 0 Å². The second-order valence-electron chi connectivity index (χ2n) is 5.76.